The molecule has 140 valence electrons. The first kappa shape index (κ1) is 19.2. The van der Waals surface area contributed by atoms with Gasteiger partial charge in [0.15, 0.2) is 11.5 Å². The first-order chi connectivity index (χ1) is 13.2. The van der Waals surface area contributed by atoms with Crippen molar-refractivity contribution in [2.75, 3.05) is 26.8 Å². The number of aromatic nitrogens is 1. The number of thiazole rings is 1. The van der Waals surface area contributed by atoms with Crippen LogP contribution in [0.15, 0.2) is 51.4 Å². The lowest BCUT2D eigenvalue weighted by Crippen LogP contribution is -1.96. The molecule has 6 nitrogen and oxygen atoms in total. The molecule has 0 radical (unpaired) electrons. The number of hydrogen-bond acceptors (Lipinski definition) is 7. The van der Waals surface area contributed by atoms with Crippen LogP contribution < -0.4 is 19.6 Å². The summed E-state index contributed by atoms with van der Waals surface area (Å²) in [6, 6.07) is 11.5. The molecule has 0 fully saturated rings. The number of ether oxygens (including phenoxy) is 3. The van der Waals surface area contributed by atoms with Crippen LogP contribution in [0.5, 0.6) is 17.2 Å². The van der Waals surface area contributed by atoms with Gasteiger partial charge in [-0.2, -0.15) is 5.10 Å². The Bertz CT molecular complexity index is 942. The Labute approximate surface area is 169 Å². The summed E-state index contributed by atoms with van der Waals surface area (Å²) in [6.45, 7) is 0. The Hall–Kier alpha value is -2.58. The minimum atomic E-state index is 0.623. The van der Waals surface area contributed by atoms with Gasteiger partial charge < -0.3 is 14.2 Å². The summed E-state index contributed by atoms with van der Waals surface area (Å²) >= 11 is 5.00. The maximum absolute atomic E-state index is 5.37. The first-order valence-electron chi connectivity index (χ1n) is 7.95. The molecule has 27 heavy (non-hydrogen) atoms. The van der Waals surface area contributed by atoms with E-state index in [-0.39, 0.29) is 0 Å². The summed E-state index contributed by atoms with van der Waals surface area (Å²) < 4.78 is 16.6. The number of nitrogens with one attached hydrogen (secondary N) is 1. The number of nitrogens with zero attached hydrogens (tertiary/aromatic N) is 2. The molecule has 0 aliphatic heterocycles. The molecular formula is C19H18BrN3O3S. The molecule has 1 heterocycles. The lowest BCUT2D eigenvalue weighted by atomic mass is 10.2. The normalized spacial score (nSPS) is 10.8. The van der Waals surface area contributed by atoms with E-state index in [9.17, 15) is 0 Å². The summed E-state index contributed by atoms with van der Waals surface area (Å²) in [7, 11) is 4.84. The van der Waals surface area contributed by atoms with Gasteiger partial charge in [-0.25, -0.2) is 4.98 Å². The van der Waals surface area contributed by atoms with Gasteiger partial charge in [0.05, 0.1) is 37.7 Å². The Morgan fingerprint density at radius 1 is 1.04 bits per heavy atom. The van der Waals surface area contributed by atoms with Crippen molar-refractivity contribution in [2.45, 2.75) is 0 Å². The van der Waals surface area contributed by atoms with Crippen molar-refractivity contribution in [3.8, 4) is 28.5 Å². The number of hydrazone groups is 1. The van der Waals surface area contributed by atoms with Gasteiger partial charge in [-0.05, 0) is 52.3 Å². The summed E-state index contributed by atoms with van der Waals surface area (Å²) in [5.74, 6) is 2.09. The van der Waals surface area contributed by atoms with Crippen molar-refractivity contribution < 1.29 is 14.2 Å². The molecule has 1 N–H and O–H groups in total. The fraction of sp³-hybridized carbons (Fsp3) is 0.158. The molecule has 0 saturated carbocycles. The third-order valence-electron chi connectivity index (χ3n) is 3.77. The Morgan fingerprint density at radius 2 is 1.81 bits per heavy atom. The summed E-state index contributed by atoms with van der Waals surface area (Å²) in [4.78, 5) is 4.55. The minimum Gasteiger partial charge on any atom is -0.497 e. The summed E-state index contributed by atoms with van der Waals surface area (Å²) in [5, 5.41) is 6.95. The van der Waals surface area contributed by atoms with Crippen LogP contribution in [0.2, 0.25) is 0 Å². The topological polar surface area (TPSA) is 65.0 Å². The molecular weight excluding hydrogens is 430 g/mol. The number of methoxy groups -OCH3 is 3. The van der Waals surface area contributed by atoms with E-state index in [1.165, 1.54) is 11.3 Å². The Balaban J connectivity index is 1.71. The molecule has 3 aromatic rings. The number of rotatable bonds is 7. The van der Waals surface area contributed by atoms with Gasteiger partial charge in [-0.1, -0.05) is 0 Å². The van der Waals surface area contributed by atoms with Crippen molar-refractivity contribution in [3.63, 3.8) is 0 Å². The van der Waals surface area contributed by atoms with Crippen molar-refractivity contribution in [2.24, 2.45) is 5.10 Å². The van der Waals surface area contributed by atoms with Gasteiger partial charge in [-0.15, -0.1) is 11.3 Å². The number of halogens is 1. The average molecular weight is 448 g/mol. The second-order valence-corrected chi connectivity index (χ2v) is 6.99. The Kier molecular flexibility index (Phi) is 6.31. The quantitative estimate of drug-likeness (QED) is 0.405. The molecule has 1 aromatic heterocycles. The molecule has 8 heteroatoms. The van der Waals surface area contributed by atoms with E-state index in [0.29, 0.717) is 16.6 Å². The number of benzene rings is 2. The zero-order chi connectivity index (χ0) is 19.2. The highest BCUT2D eigenvalue weighted by atomic mass is 79.9. The van der Waals surface area contributed by atoms with Crippen molar-refractivity contribution in [1.82, 2.24) is 4.98 Å². The third kappa shape index (κ3) is 4.40. The summed E-state index contributed by atoms with van der Waals surface area (Å²) in [6.07, 6.45) is 1.69. The van der Waals surface area contributed by atoms with Crippen LogP contribution in [-0.2, 0) is 0 Å². The fourth-order valence-corrected chi connectivity index (χ4v) is 3.64. The molecule has 0 bridgehead atoms. The van der Waals surface area contributed by atoms with Crippen LogP contribution in [-0.4, -0.2) is 32.5 Å². The van der Waals surface area contributed by atoms with Crippen LogP contribution in [0.4, 0.5) is 5.13 Å². The highest BCUT2D eigenvalue weighted by Crippen LogP contribution is 2.36. The van der Waals surface area contributed by atoms with Gasteiger partial charge in [0.1, 0.15) is 5.75 Å². The lowest BCUT2D eigenvalue weighted by Gasteiger charge is -2.10. The SMILES string of the molecule is COc1ccc(-c2csc(N/N=C\c3ccc(OC)c(OC)c3Br)n2)cc1. The zero-order valence-corrected chi connectivity index (χ0v) is 17.4. The predicted octanol–water partition coefficient (Wildman–Crippen LogP) is 5.04. The molecule has 0 atom stereocenters. The maximum Gasteiger partial charge on any atom is 0.203 e. The van der Waals surface area contributed by atoms with Crippen molar-refractivity contribution in [3.05, 3.63) is 51.8 Å². The van der Waals surface area contributed by atoms with Crippen LogP contribution in [0, 0.1) is 0 Å². The predicted molar refractivity (Wildman–Crippen MR) is 113 cm³/mol. The first-order valence-corrected chi connectivity index (χ1v) is 9.63. The van der Waals surface area contributed by atoms with Gasteiger partial charge in [-0.3, -0.25) is 5.43 Å². The van der Waals surface area contributed by atoms with E-state index in [2.05, 4.69) is 31.4 Å². The van der Waals surface area contributed by atoms with E-state index in [0.717, 1.165) is 27.0 Å². The Morgan fingerprint density at radius 3 is 2.48 bits per heavy atom. The highest BCUT2D eigenvalue weighted by Gasteiger charge is 2.11. The second-order valence-electron chi connectivity index (χ2n) is 5.34. The molecule has 3 rings (SSSR count). The monoisotopic (exact) mass is 447 g/mol. The second kappa shape index (κ2) is 8.88. The van der Waals surface area contributed by atoms with Gasteiger partial charge in [0.25, 0.3) is 0 Å². The third-order valence-corrected chi connectivity index (χ3v) is 5.33. The highest BCUT2D eigenvalue weighted by molar-refractivity contribution is 9.10. The van der Waals surface area contributed by atoms with Crippen LogP contribution in [0.1, 0.15) is 5.56 Å². The van der Waals surface area contributed by atoms with E-state index >= 15 is 0 Å². The van der Waals surface area contributed by atoms with E-state index in [4.69, 9.17) is 14.2 Å². The van der Waals surface area contributed by atoms with Gasteiger partial charge >= 0.3 is 0 Å². The van der Waals surface area contributed by atoms with E-state index in [1.54, 1.807) is 27.5 Å². The lowest BCUT2D eigenvalue weighted by molar-refractivity contribution is 0.353. The molecule has 0 aliphatic rings. The van der Waals surface area contributed by atoms with Crippen LogP contribution in [0.3, 0.4) is 0 Å². The number of hydrogen-bond donors (Lipinski definition) is 1. The van der Waals surface area contributed by atoms with Crippen molar-refractivity contribution >= 4 is 38.6 Å². The molecule has 0 saturated heterocycles. The zero-order valence-electron chi connectivity index (χ0n) is 15.0. The molecule has 0 aliphatic carbocycles. The van der Waals surface area contributed by atoms with Crippen LogP contribution in [0.25, 0.3) is 11.3 Å². The average Bonchev–Trinajstić information content (AvgIpc) is 3.18. The van der Waals surface area contributed by atoms with Gasteiger partial charge in [0.2, 0.25) is 5.13 Å². The molecule has 0 amide bonds. The minimum absolute atomic E-state index is 0.623. The van der Waals surface area contributed by atoms with E-state index in [1.807, 2.05) is 41.8 Å². The largest absolute Gasteiger partial charge is 0.497 e. The number of anilines is 1. The summed E-state index contributed by atoms with van der Waals surface area (Å²) in [5.41, 5.74) is 5.71. The smallest absolute Gasteiger partial charge is 0.203 e. The standard InChI is InChI=1S/C19H18BrN3O3S/c1-24-14-7-4-12(5-8-14)15-11-27-19(22-15)23-21-10-13-6-9-16(25-2)18(26-3)17(13)20/h4-11H,1-3H3,(H,22,23)/b21-10-. The molecule has 0 spiro atoms. The van der Waals surface area contributed by atoms with Crippen molar-refractivity contribution in [1.29, 1.82) is 0 Å². The van der Waals surface area contributed by atoms with Gasteiger partial charge in [0, 0.05) is 16.5 Å². The maximum atomic E-state index is 5.37. The fourth-order valence-electron chi connectivity index (χ4n) is 2.38. The van der Waals surface area contributed by atoms with Crippen LogP contribution >= 0.6 is 27.3 Å². The molecule has 0 unspecified atom stereocenters. The van der Waals surface area contributed by atoms with E-state index < -0.39 is 0 Å². The molecule has 2 aromatic carbocycles.